The number of likely N-dealkylation sites (tertiary alicyclic amines) is 1. The van der Waals surface area contributed by atoms with E-state index in [-0.39, 0.29) is 5.41 Å². The molecule has 2 aliphatic rings. The van der Waals surface area contributed by atoms with Crippen LogP contribution in [0.3, 0.4) is 0 Å². The molecule has 1 N–H and O–H groups in total. The molecule has 0 spiro atoms. The van der Waals surface area contributed by atoms with Crippen LogP contribution in [0.25, 0.3) is 0 Å². The van der Waals surface area contributed by atoms with Crippen molar-refractivity contribution in [3.05, 3.63) is 35.9 Å². The second kappa shape index (κ2) is 5.57. The van der Waals surface area contributed by atoms with E-state index in [0.29, 0.717) is 11.9 Å². The first-order valence-electron chi connectivity index (χ1n) is 7.79. The van der Waals surface area contributed by atoms with Crippen LogP contribution in [-0.2, 0) is 10.2 Å². The molecule has 3 nitrogen and oxygen atoms in total. The van der Waals surface area contributed by atoms with Crippen molar-refractivity contribution in [2.75, 3.05) is 20.1 Å². The predicted molar refractivity (Wildman–Crippen MR) is 80.6 cm³/mol. The van der Waals surface area contributed by atoms with Gasteiger partial charge in [-0.05, 0) is 44.7 Å². The second-order valence-corrected chi connectivity index (χ2v) is 6.15. The van der Waals surface area contributed by atoms with Crippen LogP contribution in [0.15, 0.2) is 30.3 Å². The van der Waals surface area contributed by atoms with E-state index in [1.165, 1.54) is 12.0 Å². The van der Waals surface area contributed by atoms with Crippen molar-refractivity contribution in [3.63, 3.8) is 0 Å². The number of hydrogen-bond acceptors (Lipinski definition) is 2. The molecule has 1 saturated heterocycles. The number of amides is 1. The van der Waals surface area contributed by atoms with Crippen molar-refractivity contribution in [1.29, 1.82) is 0 Å². The van der Waals surface area contributed by atoms with Crippen molar-refractivity contribution < 1.29 is 4.79 Å². The number of carbonyl (C=O) groups excluding carboxylic acids is 1. The van der Waals surface area contributed by atoms with E-state index in [1.807, 2.05) is 25.2 Å². The molecule has 0 aromatic heterocycles. The van der Waals surface area contributed by atoms with E-state index in [4.69, 9.17) is 0 Å². The summed E-state index contributed by atoms with van der Waals surface area (Å²) in [4.78, 5) is 15.2. The number of carbonyl (C=O) groups is 1. The summed E-state index contributed by atoms with van der Waals surface area (Å²) in [6.45, 7) is 1.84. The third kappa shape index (κ3) is 2.35. The van der Waals surface area contributed by atoms with Crippen molar-refractivity contribution in [1.82, 2.24) is 10.2 Å². The minimum absolute atomic E-state index is 0.204. The smallest absolute Gasteiger partial charge is 0.233 e. The molecule has 2 fully saturated rings. The molecule has 1 aliphatic carbocycles. The minimum atomic E-state index is -0.204. The lowest BCUT2D eigenvalue weighted by atomic mass is 9.91. The number of hydrogen-bond donors (Lipinski definition) is 1. The lowest BCUT2D eigenvalue weighted by Gasteiger charge is -2.38. The number of benzene rings is 1. The van der Waals surface area contributed by atoms with Crippen LogP contribution in [0.4, 0.5) is 0 Å². The summed E-state index contributed by atoms with van der Waals surface area (Å²) >= 11 is 0. The summed E-state index contributed by atoms with van der Waals surface area (Å²) in [5.41, 5.74) is 1.00. The Morgan fingerprint density at radius 2 is 2.05 bits per heavy atom. The monoisotopic (exact) mass is 272 g/mol. The van der Waals surface area contributed by atoms with E-state index in [1.54, 1.807) is 0 Å². The van der Waals surface area contributed by atoms with Gasteiger partial charge in [0.05, 0.1) is 5.41 Å². The van der Waals surface area contributed by atoms with Gasteiger partial charge in [-0.25, -0.2) is 0 Å². The zero-order valence-electron chi connectivity index (χ0n) is 12.3. The molecule has 1 amide bonds. The van der Waals surface area contributed by atoms with Gasteiger partial charge in [0, 0.05) is 19.1 Å². The van der Waals surface area contributed by atoms with Crippen molar-refractivity contribution >= 4 is 5.91 Å². The molecule has 1 saturated carbocycles. The minimum Gasteiger partial charge on any atom is -0.338 e. The van der Waals surface area contributed by atoms with Gasteiger partial charge in [0.1, 0.15) is 0 Å². The normalized spacial score (nSPS) is 24.4. The van der Waals surface area contributed by atoms with E-state index >= 15 is 0 Å². The van der Waals surface area contributed by atoms with E-state index in [9.17, 15) is 4.79 Å². The molecular weight excluding hydrogens is 248 g/mol. The second-order valence-electron chi connectivity index (χ2n) is 6.15. The Hall–Kier alpha value is -1.35. The van der Waals surface area contributed by atoms with Crippen LogP contribution < -0.4 is 5.32 Å². The lowest BCUT2D eigenvalue weighted by molar-refractivity contribution is -0.137. The largest absolute Gasteiger partial charge is 0.338 e. The molecule has 1 aromatic carbocycles. The van der Waals surface area contributed by atoms with Crippen LogP contribution in [0.1, 0.15) is 37.7 Å². The Labute approximate surface area is 121 Å². The molecule has 1 unspecified atom stereocenters. The van der Waals surface area contributed by atoms with E-state index in [0.717, 1.165) is 38.8 Å². The van der Waals surface area contributed by atoms with Gasteiger partial charge in [-0.2, -0.15) is 0 Å². The standard InChI is InChI=1S/C17H24N2O/c1-18-13-15-9-5-6-12-19(15)16(20)17(10-11-17)14-7-3-2-4-8-14/h2-4,7-8,15,18H,5-6,9-13H2,1H3. The fourth-order valence-electron chi connectivity index (χ4n) is 3.50. The Balaban J connectivity index is 1.81. The highest BCUT2D eigenvalue weighted by molar-refractivity contribution is 5.91. The Morgan fingerprint density at radius 3 is 2.70 bits per heavy atom. The fraction of sp³-hybridized carbons (Fsp3) is 0.588. The summed E-state index contributed by atoms with van der Waals surface area (Å²) < 4.78 is 0. The van der Waals surface area contributed by atoms with Gasteiger partial charge in [-0.3, -0.25) is 4.79 Å². The van der Waals surface area contributed by atoms with Gasteiger partial charge >= 0.3 is 0 Å². The lowest BCUT2D eigenvalue weighted by Crippen LogP contribution is -2.51. The van der Waals surface area contributed by atoms with Gasteiger partial charge < -0.3 is 10.2 Å². The third-order valence-corrected chi connectivity index (χ3v) is 4.81. The van der Waals surface area contributed by atoms with E-state index in [2.05, 4.69) is 22.3 Å². The Bertz CT molecular complexity index is 465. The Kier molecular flexibility index (Phi) is 3.79. The van der Waals surface area contributed by atoms with Gasteiger partial charge in [-0.1, -0.05) is 30.3 Å². The summed E-state index contributed by atoms with van der Waals surface area (Å²) in [5.74, 6) is 0.364. The first-order valence-corrected chi connectivity index (χ1v) is 7.79. The molecule has 3 heteroatoms. The number of nitrogens with zero attached hydrogens (tertiary/aromatic N) is 1. The molecule has 108 valence electrons. The molecular formula is C17H24N2O. The number of nitrogens with one attached hydrogen (secondary N) is 1. The number of rotatable bonds is 4. The molecule has 1 aliphatic heterocycles. The average molecular weight is 272 g/mol. The van der Waals surface area contributed by atoms with Crippen LogP contribution >= 0.6 is 0 Å². The van der Waals surface area contributed by atoms with Crippen molar-refractivity contribution in [3.8, 4) is 0 Å². The van der Waals surface area contributed by atoms with Crippen LogP contribution in [0, 0.1) is 0 Å². The quantitative estimate of drug-likeness (QED) is 0.912. The molecule has 1 atom stereocenters. The van der Waals surface area contributed by atoms with Crippen molar-refractivity contribution in [2.45, 2.75) is 43.6 Å². The molecule has 0 bridgehead atoms. The summed E-state index contributed by atoms with van der Waals surface area (Å²) in [5, 5.41) is 3.24. The van der Waals surface area contributed by atoms with Crippen molar-refractivity contribution in [2.24, 2.45) is 0 Å². The zero-order valence-corrected chi connectivity index (χ0v) is 12.3. The predicted octanol–water partition coefficient (Wildman–Crippen LogP) is 2.32. The molecule has 3 rings (SSSR count). The first-order chi connectivity index (χ1) is 9.78. The molecule has 1 aromatic rings. The average Bonchev–Trinajstić information content (AvgIpc) is 3.30. The van der Waals surface area contributed by atoms with Gasteiger partial charge in [0.15, 0.2) is 0 Å². The molecule has 0 radical (unpaired) electrons. The van der Waals surface area contributed by atoms with Gasteiger partial charge in [0.25, 0.3) is 0 Å². The molecule has 1 heterocycles. The summed E-state index contributed by atoms with van der Waals surface area (Å²) in [7, 11) is 1.97. The molecule has 20 heavy (non-hydrogen) atoms. The summed E-state index contributed by atoms with van der Waals surface area (Å²) in [6, 6.07) is 10.7. The highest BCUT2D eigenvalue weighted by Gasteiger charge is 2.53. The Morgan fingerprint density at radius 1 is 1.30 bits per heavy atom. The van der Waals surface area contributed by atoms with Crippen LogP contribution in [0.2, 0.25) is 0 Å². The fourth-order valence-corrected chi connectivity index (χ4v) is 3.50. The number of likely N-dealkylation sites (N-methyl/N-ethyl adjacent to an activating group) is 1. The van der Waals surface area contributed by atoms with E-state index < -0.39 is 0 Å². The SMILES string of the molecule is CNCC1CCCCN1C(=O)C1(c2ccccc2)CC1. The topological polar surface area (TPSA) is 32.3 Å². The summed E-state index contributed by atoms with van der Waals surface area (Å²) in [6.07, 6.45) is 5.56. The third-order valence-electron chi connectivity index (χ3n) is 4.81. The van der Waals surface area contributed by atoms with Crippen LogP contribution in [0.5, 0.6) is 0 Å². The van der Waals surface area contributed by atoms with Gasteiger partial charge in [0.2, 0.25) is 5.91 Å². The van der Waals surface area contributed by atoms with Crippen LogP contribution in [-0.4, -0.2) is 37.0 Å². The van der Waals surface area contributed by atoms with Gasteiger partial charge in [-0.15, -0.1) is 0 Å². The zero-order chi connectivity index (χ0) is 14.0. The highest BCUT2D eigenvalue weighted by atomic mass is 16.2. The highest BCUT2D eigenvalue weighted by Crippen LogP contribution is 2.50. The maximum Gasteiger partial charge on any atom is 0.233 e. The maximum absolute atomic E-state index is 13.1. The first kappa shape index (κ1) is 13.6. The number of piperidine rings is 1. The maximum atomic E-state index is 13.1.